The fraction of sp³-hybridized carbons (Fsp3) is 0.300. The number of pyridine rings is 1. The van der Waals surface area contributed by atoms with E-state index in [9.17, 15) is 9.59 Å². The van der Waals surface area contributed by atoms with E-state index in [2.05, 4.69) is 4.98 Å². The number of primary amides is 1. The molecular weight excluding hydrogens is 212 g/mol. The Bertz CT molecular complexity index is 406. The van der Waals surface area contributed by atoms with Crippen molar-refractivity contribution in [2.75, 3.05) is 6.61 Å². The van der Waals surface area contributed by atoms with Crippen molar-refractivity contribution in [2.45, 2.75) is 6.92 Å². The van der Waals surface area contributed by atoms with E-state index in [1.165, 1.54) is 12.3 Å². The van der Waals surface area contributed by atoms with Gasteiger partial charge in [-0.1, -0.05) is 6.92 Å². The van der Waals surface area contributed by atoms with Gasteiger partial charge in [-0.3, -0.25) is 4.79 Å². The Kier molecular flexibility index (Phi) is 3.82. The Morgan fingerprint density at radius 1 is 1.62 bits per heavy atom. The lowest BCUT2D eigenvalue weighted by Gasteiger charge is -2.10. The molecule has 0 aliphatic heterocycles. The van der Waals surface area contributed by atoms with Gasteiger partial charge in [0.2, 0.25) is 5.91 Å². The summed E-state index contributed by atoms with van der Waals surface area (Å²) in [6, 6.07) is 3.03. The monoisotopic (exact) mass is 224 g/mol. The molecule has 0 radical (unpaired) electrons. The summed E-state index contributed by atoms with van der Waals surface area (Å²) < 4.78 is 5.18. The van der Waals surface area contributed by atoms with Crippen LogP contribution in [0.2, 0.25) is 0 Å². The maximum absolute atomic E-state index is 10.8. The number of hydrogen-bond acceptors (Lipinski definition) is 4. The predicted molar refractivity (Wildman–Crippen MR) is 55.0 cm³/mol. The predicted octanol–water partition coefficient (Wildman–Crippen LogP) is 0.280. The number of nitrogens with zero attached hydrogens (tertiary/aromatic N) is 1. The molecule has 1 aromatic heterocycles. The lowest BCUT2D eigenvalue weighted by Crippen LogP contribution is -2.26. The summed E-state index contributed by atoms with van der Waals surface area (Å²) >= 11 is 0. The molecule has 1 heterocycles. The van der Waals surface area contributed by atoms with Gasteiger partial charge in [0, 0.05) is 6.20 Å². The Hall–Kier alpha value is -2.11. The quantitative estimate of drug-likeness (QED) is 0.747. The summed E-state index contributed by atoms with van der Waals surface area (Å²) in [6.45, 7) is 1.63. The Labute approximate surface area is 92.0 Å². The first-order valence-electron chi connectivity index (χ1n) is 4.62. The van der Waals surface area contributed by atoms with Gasteiger partial charge in [-0.2, -0.15) is 0 Å². The SMILES string of the molecule is CC(COc1cccnc1C(=O)O)C(N)=O. The molecule has 0 aliphatic carbocycles. The Morgan fingerprint density at radius 3 is 2.88 bits per heavy atom. The molecule has 1 rings (SSSR count). The molecule has 6 heteroatoms. The van der Waals surface area contributed by atoms with E-state index in [1.807, 2.05) is 0 Å². The minimum atomic E-state index is -1.18. The highest BCUT2D eigenvalue weighted by Crippen LogP contribution is 2.15. The van der Waals surface area contributed by atoms with Crippen LogP contribution in [0.1, 0.15) is 17.4 Å². The summed E-state index contributed by atoms with van der Waals surface area (Å²) in [6.07, 6.45) is 1.35. The van der Waals surface area contributed by atoms with Crippen molar-refractivity contribution in [3.63, 3.8) is 0 Å². The minimum absolute atomic E-state index is 0.0291. The molecule has 1 amide bonds. The van der Waals surface area contributed by atoms with Crippen molar-refractivity contribution < 1.29 is 19.4 Å². The number of aromatic nitrogens is 1. The van der Waals surface area contributed by atoms with E-state index in [4.69, 9.17) is 15.6 Å². The summed E-state index contributed by atoms with van der Waals surface area (Å²) in [5, 5.41) is 8.81. The van der Waals surface area contributed by atoms with Crippen LogP contribution >= 0.6 is 0 Å². The molecule has 0 bridgehead atoms. The van der Waals surface area contributed by atoms with Crippen molar-refractivity contribution in [1.82, 2.24) is 4.98 Å². The molecule has 1 aromatic rings. The lowest BCUT2D eigenvalue weighted by molar-refractivity contribution is -0.122. The number of aromatic carboxylic acids is 1. The van der Waals surface area contributed by atoms with Crippen LogP contribution in [0.4, 0.5) is 0 Å². The largest absolute Gasteiger partial charge is 0.490 e. The van der Waals surface area contributed by atoms with Gasteiger partial charge >= 0.3 is 5.97 Å². The van der Waals surface area contributed by atoms with Crippen LogP contribution in [0.15, 0.2) is 18.3 Å². The number of rotatable bonds is 5. The molecule has 6 nitrogen and oxygen atoms in total. The molecule has 0 fully saturated rings. The Balaban J connectivity index is 2.74. The van der Waals surface area contributed by atoms with Gasteiger partial charge in [-0.15, -0.1) is 0 Å². The number of carboxylic acids is 1. The van der Waals surface area contributed by atoms with Crippen molar-refractivity contribution in [3.05, 3.63) is 24.0 Å². The van der Waals surface area contributed by atoms with Crippen molar-refractivity contribution in [2.24, 2.45) is 11.7 Å². The number of carbonyl (C=O) groups excluding carboxylic acids is 1. The third-order valence-electron chi connectivity index (χ3n) is 1.95. The van der Waals surface area contributed by atoms with Crippen molar-refractivity contribution in [3.8, 4) is 5.75 Å². The van der Waals surface area contributed by atoms with Gasteiger partial charge in [0.15, 0.2) is 11.4 Å². The normalized spacial score (nSPS) is 11.8. The van der Waals surface area contributed by atoms with Gasteiger partial charge in [-0.05, 0) is 12.1 Å². The number of nitrogens with two attached hydrogens (primary N) is 1. The highest BCUT2D eigenvalue weighted by Gasteiger charge is 2.15. The van der Waals surface area contributed by atoms with Gasteiger partial charge in [0.25, 0.3) is 0 Å². The van der Waals surface area contributed by atoms with E-state index in [0.29, 0.717) is 0 Å². The summed E-state index contributed by atoms with van der Waals surface area (Å²) in [5.74, 6) is -2.03. The first kappa shape index (κ1) is 12.0. The molecule has 1 atom stereocenters. The van der Waals surface area contributed by atoms with Gasteiger partial charge in [0.1, 0.15) is 0 Å². The van der Waals surface area contributed by atoms with Crippen LogP contribution in [0.5, 0.6) is 5.75 Å². The van der Waals surface area contributed by atoms with Crippen LogP contribution in [0, 0.1) is 5.92 Å². The zero-order chi connectivity index (χ0) is 12.1. The van der Waals surface area contributed by atoms with Gasteiger partial charge in [-0.25, -0.2) is 9.78 Å². The Morgan fingerprint density at radius 2 is 2.31 bits per heavy atom. The second-order valence-electron chi connectivity index (χ2n) is 3.27. The second-order valence-corrected chi connectivity index (χ2v) is 3.27. The average molecular weight is 224 g/mol. The highest BCUT2D eigenvalue weighted by molar-refractivity contribution is 5.88. The molecular formula is C10H12N2O4. The maximum atomic E-state index is 10.8. The van der Waals surface area contributed by atoms with Crippen LogP contribution < -0.4 is 10.5 Å². The summed E-state index contributed by atoms with van der Waals surface area (Å²) in [5.41, 5.74) is 4.87. The first-order chi connectivity index (χ1) is 7.52. The van der Waals surface area contributed by atoms with Gasteiger partial charge in [0.05, 0.1) is 12.5 Å². The third-order valence-corrected chi connectivity index (χ3v) is 1.95. The second kappa shape index (κ2) is 5.11. The number of ether oxygens (including phenoxy) is 1. The van der Waals surface area contributed by atoms with E-state index >= 15 is 0 Å². The molecule has 0 aromatic carbocycles. The van der Waals surface area contributed by atoms with Crippen LogP contribution in [0.25, 0.3) is 0 Å². The maximum Gasteiger partial charge on any atom is 0.358 e. The van der Waals surface area contributed by atoms with Crippen molar-refractivity contribution in [1.29, 1.82) is 0 Å². The zero-order valence-electron chi connectivity index (χ0n) is 8.71. The average Bonchev–Trinajstić information content (AvgIpc) is 2.25. The van der Waals surface area contributed by atoms with Crippen LogP contribution in [-0.2, 0) is 4.79 Å². The minimum Gasteiger partial charge on any atom is -0.490 e. The van der Waals surface area contributed by atoms with E-state index in [1.54, 1.807) is 13.0 Å². The van der Waals surface area contributed by atoms with Crippen LogP contribution in [-0.4, -0.2) is 28.6 Å². The lowest BCUT2D eigenvalue weighted by atomic mass is 10.2. The van der Waals surface area contributed by atoms with E-state index in [-0.39, 0.29) is 18.1 Å². The van der Waals surface area contributed by atoms with Gasteiger partial charge < -0.3 is 15.6 Å². The smallest absolute Gasteiger partial charge is 0.358 e. The number of hydrogen-bond donors (Lipinski definition) is 2. The fourth-order valence-corrected chi connectivity index (χ4v) is 0.965. The topological polar surface area (TPSA) is 103 Å². The standard InChI is InChI=1S/C10H12N2O4/c1-6(9(11)13)5-16-7-3-2-4-12-8(7)10(14)15/h2-4,6H,5H2,1H3,(H2,11,13)(H,14,15). The number of carbonyl (C=O) groups is 2. The summed E-state index contributed by atoms with van der Waals surface area (Å²) in [7, 11) is 0. The molecule has 16 heavy (non-hydrogen) atoms. The molecule has 3 N–H and O–H groups in total. The number of carboxylic acid groups (broad SMARTS) is 1. The number of amides is 1. The summed E-state index contributed by atoms with van der Waals surface area (Å²) in [4.78, 5) is 25.2. The van der Waals surface area contributed by atoms with E-state index in [0.717, 1.165) is 0 Å². The van der Waals surface area contributed by atoms with E-state index < -0.39 is 17.8 Å². The molecule has 0 saturated heterocycles. The fourth-order valence-electron chi connectivity index (χ4n) is 0.965. The van der Waals surface area contributed by atoms with Crippen LogP contribution in [0.3, 0.4) is 0 Å². The zero-order valence-corrected chi connectivity index (χ0v) is 8.71. The molecule has 0 spiro atoms. The first-order valence-corrected chi connectivity index (χ1v) is 4.62. The highest BCUT2D eigenvalue weighted by atomic mass is 16.5. The molecule has 86 valence electrons. The van der Waals surface area contributed by atoms with Crippen molar-refractivity contribution >= 4 is 11.9 Å². The molecule has 1 unspecified atom stereocenters. The molecule has 0 aliphatic rings. The third kappa shape index (κ3) is 2.94. The molecule has 0 saturated carbocycles.